The number of hydrogen-bond donors (Lipinski definition) is 1. The fourth-order valence-corrected chi connectivity index (χ4v) is 4.76. The first kappa shape index (κ1) is 12.1. The number of sulfonamides is 1. The van der Waals surface area contributed by atoms with Gasteiger partial charge in [0.25, 0.3) is 0 Å². The van der Waals surface area contributed by atoms with Crippen molar-refractivity contribution in [1.82, 2.24) is 4.31 Å². The standard InChI is InChI=1S/C13H18N2O2S/c14-13-7-6-10-8-15(9-12(10)13)18(16,17)11-4-2-1-3-5-11/h1-5,10,12-13H,6-9,14H2. The van der Waals surface area contributed by atoms with Crippen LogP contribution < -0.4 is 5.73 Å². The molecule has 1 aliphatic heterocycles. The van der Waals surface area contributed by atoms with E-state index in [1.165, 1.54) is 0 Å². The molecule has 1 heterocycles. The molecular weight excluding hydrogens is 248 g/mol. The van der Waals surface area contributed by atoms with Gasteiger partial charge in [0.2, 0.25) is 10.0 Å². The second-order valence-corrected chi connectivity index (χ2v) is 7.24. The van der Waals surface area contributed by atoms with Gasteiger partial charge < -0.3 is 5.73 Å². The normalized spacial score (nSPS) is 32.6. The SMILES string of the molecule is NC1CCC2CN(S(=O)(=O)c3ccccc3)CC12. The van der Waals surface area contributed by atoms with Gasteiger partial charge in [0.15, 0.2) is 0 Å². The van der Waals surface area contributed by atoms with Gasteiger partial charge in [0, 0.05) is 19.1 Å². The minimum Gasteiger partial charge on any atom is -0.327 e. The lowest BCUT2D eigenvalue weighted by atomic mass is 9.98. The number of benzene rings is 1. The van der Waals surface area contributed by atoms with Crippen molar-refractivity contribution < 1.29 is 8.42 Å². The van der Waals surface area contributed by atoms with E-state index in [0.717, 1.165) is 12.8 Å². The summed E-state index contributed by atoms with van der Waals surface area (Å²) >= 11 is 0. The molecule has 1 saturated heterocycles. The largest absolute Gasteiger partial charge is 0.327 e. The summed E-state index contributed by atoms with van der Waals surface area (Å²) in [5.74, 6) is 0.807. The second kappa shape index (κ2) is 4.33. The highest BCUT2D eigenvalue weighted by Gasteiger charge is 2.44. The lowest BCUT2D eigenvalue weighted by Gasteiger charge is -2.18. The van der Waals surface area contributed by atoms with Crippen molar-refractivity contribution >= 4 is 10.0 Å². The van der Waals surface area contributed by atoms with Crippen LogP contribution in [0.1, 0.15) is 12.8 Å². The quantitative estimate of drug-likeness (QED) is 0.870. The first-order valence-corrected chi connectivity index (χ1v) is 7.84. The molecule has 0 aromatic heterocycles. The Morgan fingerprint density at radius 2 is 1.83 bits per heavy atom. The molecule has 4 nitrogen and oxygen atoms in total. The highest BCUT2D eigenvalue weighted by Crippen LogP contribution is 2.39. The van der Waals surface area contributed by atoms with Crippen LogP contribution in [0.2, 0.25) is 0 Å². The summed E-state index contributed by atoms with van der Waals surface area (Å²) in [5, 5.41) is 0. The van der Waals surface area contributed by atoms with Gasteiger partial charge in [-0.15, -0.1) is 0 Å². The van der Waals surface area contributed by atoms with Crippen LogP contribution in [-0.4, -0.2) is 31.9 Å². The zero-order chi connectivity index (χ0) is 12.8. The fourth-order valence-electron chi connectivity index (χ4n) is 3.20. The summed E-state index contributed by atoms with van der Waals surface area (Å²) in [6.07, 6.45) is 2.10. The number of nitrogens with two attached hydrogens (primary N) is 1. The van der Waals surface area contributed by atoms with Gasteiger partial charge in [-0.25, -0.2) is 8.42 Å². The van der Waals surface area contributed by atoms with Crippen LogP contribution in [0, 0.1) is 11.8 Å². The molecule has 1 aliphatic carbocycles. The van der Waals surface area contributed by atoms with Gasteiger partial charge in [0.1, 0.15) is 0 Å². The van der Waals surface area contributed by atoms with Crippen molar-refractivity contribution in [3.8, 4) is 0 Å². The van der Waals surface area contributed by atoms with E-state index in [4.69, 9.17) is 5.73 Å². The van der Waals surface area contributed by atoms with Crippen molar-refractivity contribution in [3.05, 3.63) is 30.3 Å². The van der Waals surface area contributed by atoms with Gasteiger partial charge in [-0.1, -0.05) is 18.2 Å². The maximum absolute atomic E-state index is 12.5. The average molecular weight is 266 g/mol. The van der Waals surface area contributed by atoms with E-state index in [0.29, 0.717) is 29.8 Å². The molecule has 5 heteroatoms. The van der Waals surface area contributed by atoms with Crippen molar-refractivity contribution in [2.24, 2.45) is 17.6 Å². The van der Waals surface area contributed by atoms with E-state index in [1.54, 1.807) is 28.6 Å². The van der Waals surface area contributed by atoms with Gasteiger partial charge in [-0.05, 0) is 36.8 Å². The zero-order valence-corrected chi connectivity index (χ0v) is 11.0. The van der Waals surface area contributed by atoms with E-state index in [9.17, 15) is 8.42 Å². The third-order valence-corrected chi connectivity index (χ3v) is 6.11. The lowest BCUT2D eigenvalue weighted by molar-refractivity contribution is 0.427. The van der Waals surface area contributed by atoms with Gasteiger partial charge >= 0.3 is 0 Å². The maximum Gasteiger partial charge on any atom is 0.243 e. The molecule has 1 aromatic rings. The Hall–Kier alpha value is -0.910. The molecule has 0 bridgehead atoms. The van der Waals surface area contributed by atoms with Crippen LogP contribution in [0.4, 0.5) is 0 Å². The summed E-state index contributed by atoms with van der Waals surface area (Å²) in [6, 6.07) is 8.83. The smallest absolute Gasteiger partial charge is 0.243 e. The van der Waals surface area contributed by atoms with E-state index in [1.807, 2.05) is 6.07 Å². The molecule has 2 fully saturated rings. The van der Waals surface area contributed by atoms with Crippen molar-refractivity contribution in [1.29, 1.82) is 0 Å². The summed E-state index contributed by atoms with van der Waals surface area (Å²) in [6.45, 7) is 1.22. The van der Waals surface area contributed by atoms with Crippen molar-refractivity contribution in [2.45, 2.75) is 23.8 Å². The van der Waals surface area contributed by atoms with Crippen LogP contribution in [0.5, 0.6) is 0 Å². The predicted molar refractivity (Wildman–Crippen MR) is 69.4 cm³/mol. The van der Waals surface area contributed by atoms with Gasteiger partial charge in [-0.2, -0.15) is 4.31 Å². The Kier molecular flexibility index (Phi) is 2.92. The molecule has 18 heavy (non-hydrogen) atoms. The molecule has 98 valence electrons. The Labute approximate surface area is 108 Å². The first-order chi connectivity index (χ1) is 8.59. The zero-order valence-electron chi connectivity index (χ0n) is 10.2. The van der Waals surface area contributed by atoms with Crippen molar-refractivity contribution in [3.63, 3.8) is 0 Å². The third-order valence-electron chi connectivity index (χ3n) is 4.26. The summed E-state index contributed by atoms with van der Waals surface area (Å²) in [7, 11) is -3.33. The Balaban J connectivity index is 1.85. The van der Waals surface area contributed by atoms with E-state index >= 15 is 0 Å². The summed E-state index contributed by atoms with van der Waals surface area (Å²) in [4.78, 5) is 0.388. The number of nitrogens with zero attached hydrogens (tertiary/aromatic N) is 1. The predicted octanol–water partition coefficient (Wildman–Crippen LogP) is 1.04. The number of rotatable bonds is 2. The molecule has 3 rings (SSSR count). The van der Waals surface area contributed by atoms with Crippen LogP contribution in [0.15, 0.2) is 35.2 Å². The molecule has 0 radical (unpaired) electrons. The minimum absolute atomic E-state index is 0.172. The molecule has 1 aromatic carbocycles. The minimum atomic E-state index is -3.33. The second-order valence-electron chi connectivity index (χ2n) is 5.30. The number of fused-ring (bicyclic) bond motifs is 1. The molecule has 2 N–H and O–H groups in total. The molecule has 3 unspecified atom stereocenters. The monoisotopic (exact) mass is 266 g/mol. The molecule has 0 spiro atoms. The molecular formula is C13H18N2O2S. The van der Waals surface area contributed by atoms with Gasteiger partial charge in [0.05, 0.1) is 4.90 Å². The summed E-state index contributed by atoms with van der Waals surface area (Å²) < 4.78 is 26.5. The molecule has 2 aliphatic rings. The summed E-state index contributed by atoms with van der Waals surface area (Å²) in [5.41, 5.74) is 6.04. The molecule has 0 amide bonds. The first-order valence-electron chi connectivity index (χ1n) is 6.40. The van der Waals surface area contributed by atoms with E-state index in [-0.39, 0.29) is 6.04 Å². The van der Waals surface area contributed by atoms with Crippen LogP contribution in [0.25, 0.3) is 0 Å². The molecule has 3 atom stereocenters. The van der Waals surface area contributed by atoms with E-state index < -0.39 is 10.0 Å². The van der Waals surface area contributed by atoms with Gasteiger partial charge in [-0.3, -0.25) is 0 Å². The lowest BCUT2D eigenvalue weighted by Crippen LogP contribution is -2.33. The van der Waals surface area contributed by atoms with Crippen molar-refractivity contribution in [2.75, 3.05) is 13.1 Å². The highest BCUT2D eigenvalue weighted by molar-refractivity contribution is 7.89. The topological polar surface area (TPSA) is 63.4 Å². The van der Waals surface area contributed by atoms with Crippen LogP contribution in [0.3, 0.4) is 0 Å². The number of hydrogen-bond acceptors (Lipinski definition) is 3. The van der Waals surface area contributed by atoms with E-state index in [2.05, 4.69) is 0 Å². The molecule has 1 saturated carbocycles. The third kappa shape index (κ3) is 1.86. The Bertz CT molecular complexity index is 529. The van der Waals surface area contributed by atoms with Crippen LogP contribution in [-0.2, 0) is 10.0 Å². The van der Waals surface area contributed by atoms with Crippen LogP contribution >= 0.6 is 0 Å². The fraction of sp³-hybridized carbons (Fsp3) is 0.538. The maximum atomic E-state index is 12.5. The Morgan fingerprint density at radius 1 is 1.11 bits per heavy atom. The highest BCUT2D eigenvalue weighted by atomic mass is 32.2. The average Bonchev–Trinajstić information content (AvgIpc) is 2.94. The Morgan fingerprint density at radius 3 is 2.50 bits per heavy atom.